The minimum absolute atomic E-state index is 0. The molecule has 80 valence electrons. The molecule has 0 aromatic heterocycles. The third-order valence-corrected chi connectivity index (χ3v) is 0. The molecule has 0 heterocycles. The van der Waals surface area contributed by atoms with Crippen LogP contribution in [0, 0.1) is 14.9 Å². The fraction of sp³-hybridized carbons (Fsp3) is 0.750. The molecule has 0 fully saturated rings. The van der Waals surface area contributed by atoms with Gasteiger partial charge in [0.25, 0.3) is 0 Å². The van der Waals surface area contributed by atoms with Crippen LogP contribution in [-0.4, -0.2) is 42.3 Å². The Hall–Kier alpha value is 0.763. The van der Waals surface area contributed by atoms with E-state index in [1.807, 2.05) is 0 Å². The molecule has 0 radical (unpaired) electrons. The van der Waals surface area contributed by atoms with Gasteiger partial charge in [0, 0.05) is 26.2 Å². The first-order chi connectivity index (χ1) is 4.24. The van der Waals surface area contributed by atoms with E-state index < -0.39 is 0 Å². The van der Waals surface area contributed by atoms with Crippen LogP contribution in [0.2, 0.25) is 0 Å². The Morgan fingerprint density at radius 2 is 0.500 bits per heavy atom. The van der Waals surface area contributed by atoms with Crippen molar-refractivity contribution in [3.8, 4) is 0 Å². The molecule has 4 heteroatoms. The number of hydrogen-bond donors (Lipinski definition) is 0. The summed E-state index contributed by atoms with van der Waals surface area (Å²) in [6, 6.07) is 0. The van der Waals surface area contributed by atoms with Gasteiger partial charge in [0.1, 0.15) is 0 Å². The van der Waals surface area contributed by atoms with Crippen LogP contribution in [-0.2, 0) is 26.2 Å². The SMILES string of the molecule is C[N-]C.C[N-]C.C[N-]C.[CH3-].[CH3-].[Zr]. The zero-order valence-electron chi connectivity index (χ0n) is 9.84. The van der Waals surface area contributed by atoms with E-state index in [0.29, 0.717) is 0 Å². The van der Waals surface area contributed by atoms with Gasteiger partial charge >= 0.3 is 0 Å². The normalized spacial score (nSPS) is 4.50. The zero-order valence-corrected chi connectivity index (χ0v) is 12.3. The minimum Gasteiger partial charge on any atom is -0.668 e. The molecule has 12 heavy (non-hydrogen) atoms. The third kappa shape index (κ3) is 1760. The first kappa shape index (κ1) is 38.6. The van der Waals surface area contributed by atoms with Crippen molar-refractivity contribution < 1.29 is 26.2 Å². The van der Waals surface area contributed by atoms with Gasteiger partial charge in [0.15, 0.2) is 0 Å². The van der Waals surface area contributed by atoms with Crippen molar-refractivity contribution in [2.24, 2.45) is 0 Å². The number of nitrogens with zero attached hydrogens (tertiary/aromatic N) is 3. The van der Waals surface area contributed by atoms with Gasteiger partial charge in [-0.25, -0.2) is 0 Å². The Kier molecular flexibility index (Phi) is 310. The van der Waals surface area contributed by atoms with Crippen molar-refractivity contribution in [2.45, 2.75) is 0 Å². The first-order valence-corrected chi connectivity index (χ1v) is 2.68. The molecular weight excluding hydrogens is 229 g/mol. The van der Waals surface area contributed by atoms with Crippen molar-refractivity contribution in [3.63, 3.8) is 0 Å². The molecule has 0 aliphatic heterocycles. The maximum Gasteiger partial charge on any atom is 0 e. The van der Waals surface area contributed by atoms with Crippen LogP contribution in [0.25, 0.3) is 16.0 Å². The topological polar surface area (TPSA) is 42.3 Å². The molecule has 0 aliphatic rings. The maximum absolute atomic E-state index is 3.50. The van der Waals surface area contributed by atoms with Gasteiger partial charge in [0.05, 0.1) is 0 Å². The Bertz CT molecular complexity index is 19.0. The summed E-state index contributed by atoms with van der Waals surface area (Å²) in [5.41, 5.74) is 0. The fourth-order valence-electron chi connectivity index (χ4n) is 0. The van der Waals surface area contributed by atoms with E-state index in [9.17, 15) is 0 Å². The number of hydrogen-bond acceptors (Lipinski definition) is 0. The van der Waals surface area contributed by atoms with Crippen molar-refractivity contribution in [2.75, 3.05) is 42.3 Å². The Morgan fingerprint density at radius 1 is 0.500 bits per heavy atom. The molecule has 0 aromatic rings. The van der Waals surface area contributed by atoms with Gasteiger partial charge in [-0.15, -0.1) is 0 Å². The van der Waals surface area contributed by atoms with Crippen LogP contribution in [0.4, 0.5) is 0 Å². The van der Waals surface area contributed by atoms with Gasteiger partial charge in [0.2, 0.25) is 0 Å². The van der Waals surface area contributed by atoms with Gasteiger partial charge in [-0.3, -0.25) is 0 Å². The molecule has 0 saturated carbocycles. The molecule has 0 N–H and O–H groups in total. The summed E-state index contributed by atoms with van der Waals surface area (Å²) in [7, 11) is 10.5. The van der Waals surface area contributed by atoms with Crippen molar-refractivity contribution in [1.82, 2.24) is 0 Å². The predicted octanol–water partition coefficient (Wildman–Crippen LogP) is 2.76. The van der Waals surface area contributed by atoms with E-state index >= 15 is 0 Å². The molecule has 0 spiro atoms. The molecule has 0 aliphatic carbocycles. The Balaban J connectivity index is -0.00000001000. The summed E-state index contributed by atoms with van der Waals surface area (Å²) in [5.74, 6) is 0. The van der Waals surface area contributed by atoms with Crippen LogP contribution in [0.1, 0.15) is 0 Å². The van der Waals surface area contributed by atoms with E-state index in [1.54, 1.807) is 42.3 Å². The molecule has 0 unspecified atom stereocenters. The van der Waals surface area contributed by atoms with Crippen molar-refractivity contribution in [3.05, 3.63) is 30.8 Å². The second-order valence-corrected chi connectivity index (χ2v) is 1.34. The van der Waals surface area contributed by atoms with Crippen LogP contribution in [0.5, 0.6) is 0 Å². The molecule has 0 amide bonds. The smallest absolute Gasteiger partial charge is 0 e. The van der Waals surface area contributed by atoms with Crippen molar-refractivity contribution in [1.29, 1.82) is 0 Å². The average Bonchev–Trinajstić information content (AvgIpc) is 1.70. The van der Waals surface area contributed by atoms with Gasteiger partial charge < -0.3 is 30.8 Å². The van der Waals surface area contributed by atoms with E-state index in [-0.39, 0.29) is 41.1 Å². The molecule has 3 nitrogen and oxygen atoms in total. The van der Waals surface area contributed by atoms with Crippen LogP contribution >= 0.6 is 0 Å². The van der Waals surface area contributed by atoms with Crippen LogP contribution in [0.15, 0.2) is 0 Å². The molecule has 0 aromatic carbocycles. The Labute approximate surface area is 99.2 Å². The predicted molar refractivity (Wildman–Crippen MR) is 58.4 cm³/mol. The van der Waals surface area contributed by atoms with E-state index in [2.05, 4.69) is 16.0 Å². The minimum atomic E-state index is 0. The standard InChI is InChI=1S/3C2H6N.2CH3.Zr/c3*1-3-2;;;/h3*1-2H3;2*1H3;/q5*-1;. The Morgan fingerprint density at radius 3 is 0.500 bits per heavy atom. The monoisotopic (exact) mass is 252 g/mol. The molecule has 0 saturated heterocycles. The van der Waals surface area contributed by atoms with E-state index in [1.165, 1.54) is 0 Å². The quantitative estimate of drug-likeness (QED) is 0.596. The second-order valence-electron chi connectivity index (χ2n) is 1.34. The summed E-state index contributed by atoms with van der Waals surface area (Å²) in [6.45, 7) is 0. The van der Waals surface area contributed by atoms with Crippen LogP contribution < -0.4 is 0 Å². The van der Waals surface area contributed by atoms with E-state index in [0.717, 1.165) is 0 Å². The van der Waals surface area contributed by atoms with Gasteiger partial charge in [-0.1, -0.05) is 0 Å². The maximum atomic E-state index is 3.50. The second kappa shape index (κ2) is 96.2. The largest absolute Gasteiger partial charge is 0.668 e. The van der Waals surface area contributed by atoms with Gasteiger partial charge in [-0.05, 0) is 0 Å². The zero-order chi connectivity index (χ0) is 8.12. The fourth-order valence-corrected chi connectivity index (χ4v) is 0. The van der Waals surface area contributed by atoms with Gasteiger partial charge in [-0.2, -0.15) is 42.3 Å². The molecule has 0 bridgehead atoms. The van der Waals surface area contributed by atoms with Crippen molar-refractivity contribution >= 4 is 0 Å². The number of rotatable bonds is 0. The van der Waals surface area contributed by atoms with E-state index in [4.69, 9.17) is 0 Å². The third-order valence-electron chi connectivity index (χ3n) is 0. The summed E-state index contributed by atoms with van der Waals surface area (Å²) >= 11 is 0. The summed E-state index contributed by atoms with van der Waals surface area (Å²) in [6.07, 6.45) is 0. The average molecular weight is 254 g/mol. The van der Waals surface area contributed by atoms with Crippen LogP contribution in [0.3, 0.4) is 0 Å². The molecule has 0 rings (SSSR count). The summed E-state index contributed by atoms with van der Waals surface area (Å²) < 4.78 is 0. The first-order valence-electron chi connectivity index (χ1n) is 2.68. The summed E-state index contributed by atoms with van der Waals surface area (Å²) in [4.78, 5) is 0. The molecular formula is C8H24N3Zr-5. The molecule has 0 atom stereocenters. The summed E-state index contributed by atoms with van der Waals surface area (Å²) in [5, 5.41) is 10.5.